The number of carbonyl (C=O) groups is 1. The van der Waals surface area contributed by atoms with Gasteiger partial charge in [0, 0.05) is 11.3 Å². The quantitative estimate of drug-likeness (QED) is 0.842. The van der Waals surface area contributed by atoms with E-state index < -0.39 is 0 Å². The van der Waals surface area contributed by atoms with E-state index in [0.717, 1.165) is 23.3 Å². The minimum absolute atomic E-state index is 0.0566. The van der Waals surface area contributed by atoms with Crippen molar-refractivity contribution in [2.24, 2.45) is 0 Å². The maximum Gasteiger partial charge on any atom is 0.231 e. The summed E-state index contributed by atoms with van der Waals surface area (Å²) in [6.07, 6.45) is 4.89. The van der Waals surface area contributed by atoms with Crippen molar-refractivity contribution in [1.29, 1.82) is 0 Å². The number of benzene rings is 1. The molecule has 0 radical (unpaired) electrons. The SMILES string of the molecule is C/C=C\C1=C(C)NC(=O)C(CC)c2ccccc21. The fourth-order valence-corrected chi connectivity index (χ4v) is 2.52. The van der Waals surface area contributed by atoms with Crippen molar-refractivity contribution >= 4 is 11.5 Å². The molecule has 0 saturated heterocycles. The van der Waals surface area contributed by atoms with Crippen LogP contribution in [-0.4, -0.2) is 5.91 Å². The molecule has 2 rings (SSSR count). The first-order chi connectivity index (χ1) is 8.69. The van der Waals surface area contributed by atoms with Crippen LogP contribution in [0.2, 0.25) is 0 Å². The number of carbonyl (C=O) groups excluding carboxylic acids is 1. The number of rotatable bonds is 2. The van der Waals surface area contributed by atoms with E-state index in [-0.39, 0.29) is 11.8 Å². The maximum atomic E-state index is 12.2. The van der Waals surface area contributed by atoms with Gasteiger partial charge in [0.05, 0.1) is 5.92 Å². The summed E-state index contributed by atoms with van der Waals surface area (Å²) >= 11 is 0. The number of allylic oxidation sites excluding steroid dienone is 4. The summed E-state index contributed by atoms with van der Waals surface area (Å²) in [5.41, 5.74) is 4.33. The van der Waals surface area contributed by atoms with E-state index in [4.69, 9.17) is 0 Å². The third kappa shape index (κ3) is 2.10. The minimum atomic E-state index is -0.0566. The Hall–Kier alpha value is -1.83. The van der Waals surface area contributed by atoms with Crippen LogP contribution in [0.5, 0.6) is 0 Å². The van der Waals surface area contributed by atoms with Gasteiger partial charge >= 0.3 is 0 Å². The number of amides is 1. The molecule has 18 heavy (non-hydrogen) atoms. The molecule has 2 nitrogen and oxygen atoms in total. The van der Waals surface area contributed by atoms with E-state index in [9.17, 15) is 4.79 Å². The largest absolute Gasteiger partial charge is 0.329 e. The first-order valence-corrected chi connectivity index (χ1v) is 6.42. The van der Waals surface area contributed by atoms with Gasteiger partial charge in [0.15, 0.2) is 0 Å². The molecule has 1 unspecified atom stereocenters. The average Bonchev–Trinajstić information content (AvgIpc) is 2.46. The molecule has 0 aromatic heterocycles. The molecule has 0 aliphatic carbocycles. The van der Waals surface area contributed by atoms with Crippen LogP contribution in [0.1, 0.15) is 44.2 Å². The van der Waals surface area contributed by atoms with E-state index >= 15 is 0 Å². The molecule has 1 amide bonds. The van der Waals surface area contributed by atoms with Gasteiger partial charge in [-0.3, -0.25) is 4.79 Å². The number of fused-ring (bicyclic) bond motifs is 1. The van der Waals surface area contributed by atoms with Crippen LogP contribution in [0.25, 0.3) is 5.57 Å². The summed E-state index contributed by atoms with van der Waals surface area (Å²) in [5, 5.41) is 3.01. The van der Waals surface area contributed by atoms with Gasteiger partial charge in [0.2, 0.25) is 5.91 Å². The highest BCUT2D eigenvalue weighted by atomic mass is 16.1. The molecular formula is C16H19NO. The van der Waals surface area contributed by atoms with Gasteiger partial charge in [-0.25, -0.2) is 0 Å². The molecular weight excluding hydrogens is 222 g/mol. The van der Waals surface area contributed by atoms with E-state index in [1.54, 1.807) is 0 Å². The van der Waals surface area contributed by atoms with Crippen LogP contribution < -0.4 is 5.32 Å². The number of hydrogen-bond donors (Lipinski definition) is 1. The van der Waals surface area contributed by atoms with Gasteiger partial charge in [0.25, 0.3) is 0 Å². The summed E-state index contributed by atoms with van der Waals surface area (Å²) in [6.45, 7) is 6.01. The van der Waals surface area contributed by atoms with Crippen molar-refractivity contribution in [3.63, 3.8) is 0 Å². The zero-order chi connectivity index (χ0) is 13.1. The molecule has 1 atom stereocenters. The molecule has 0 bridgehead atoms. The Morgan fingerprint density at radius 3 is 2.72 bits per heavy atom. The lowest BCUT2D eigenvalue weighted by Gasteiger charge is -2.14. The molecule has 0 saturated carbocycles. The third-order valence-corrected chi connectivity index (χ3v) is 3.40. The minimum Gasteiger partial charge on any atom is -0.329 e. The topological polar surface area (TPSA) is 29.1 Å². The predicted molar refractivity (Wildman–Crippen MR) is 75.0 cm³/mol. The lowest BCUT2D eigenvalue weighted by atomic mass is 9.89. The Labute approximate surface area is 108 Å². The Kier molecular flexibility index (Phi) is 3.66. The smallest absolute Gasteiger partial charge is 0.231 e. The van der Waals surface area contributed by atoms with Gasteiger partial charge in [-0.1, -0.05) is 43.3 Å². The number of hydrogen-bond acceptors (Lipinski definition) is 1. The second kappa shape index (κ2) is 5.21. The van der Waals surface area contributed by atoms with Gasteiger partial charge in [-0.15, -0.1) is 0 Å². The Bertz CT molecular complexity index is 526. The van der Waals surface area contributed by atoms with E-state index in [1.807, 2.05) is 32.1 Å². The van der Waals surface area contributed by atoms with Gasteiger partial charge in [0.1, 0.15) is 0 Å². The fraction of sp³-hybridized carbons (Fsp3) is 0.312. The summed E-state index contributed by atoms with van der Waals surface area (Å²) in [5.74, 6) is 0.0425. The Balaban J connectivity index is 2.67. The molecule has 1 aliphatic rings. The van der Waals surface area contributed by atoms with Crippen molar-refractivity contribution in [3.05, 3.63) is 53.2 Å². The molecule has 1 aromatic rings. The normalized spacial score (nSPS) is 19.7. The van der Waals surface area contributed by atoms with Gasteiger partial charge in [-0.05, 0) is 31.4 Å². The van der Waals surface area contributed by atoms with Crippen LogP contribution in [0.4, 0.5) is 0 Å². The average molecular weight is 241 g/mol. The van der Waals surface area contributed by atoms with Crippen LogP contribution in [0.15, 0.2) is 42.1 Å². The highest BCUT2D eigenvalue weighted by Crippen LogP contribution is 2.33. The highest BCUT2D eigenvalue weighted by molar-refractivity contribution is 5.93. The molecule has 0 fully saturated rings. The standard InChI is InChI=1S/C16H19NO/c1-4-8-13-11(3)17-16(18)12(5-2)14-9-6-7-10-15(13)14/h4,6-10,12H,5H2,1-3H3,(H,17,18)/b8-4-. The summed E-state index contributed by atoms with van der Waals surface area (Å²) in [6, 6.07) is 8.18. The van der Waals surface area contributed by atoms with Crippen LogP contribution in [-0.2, 0) is 4.79 Å². The molecule has 94 valence electrons. The zero-order valence-corrected chi connectivity index (χ0v) is 11.2. The summed E-state index contributed by atoms with van der Waals surface area (Å²) in [7, 11) is 0. The molecule has 1 aliphatic heterocycles. The van der Waals surface area contributed by atoms with Crippen LogP contribution in [0.3, 0.4) is 0 Å². The molecule has 1 aromatic carbocycles. The molecule has 1 heterocycles. The van der Waals surface area contributed by atoms with Crippen molar-refractivity contribution in [2.75, 3.05) is 0 Å². The first-order valence-electron chi connectivity index (χ1n) is 6.42. The molecule has 2 heteroatoms. The molecule has 0 spiro atoms. The maximum absolute atomic E-state index is 12.2. The second-order valence-corrected chi connectivity index (χ2v) is 4.58. The monoisotopic (exact) mass is 241 g/mol. The first kappa shape index (κ1) is 12.6. The Morgan fingerprint density at radius 2 is 2.06 bits per heavy atom. The van der Waals surface area contributed by atoms with Crippen molar-refractivity contribution in [1.82, 2.24) is 5.32 Å². The second-order valence-electron chi connectivity index (χ2n) is 4.58. The Morgan fingerprint density at radius 1 is 1.33 bits per heavy atom. The van der Waals surface area contributed by atoms with E-state index in [1.165, 1.54) is 5.56 Å². The summed E-state index contributed by atoms with van der Waals surface area (Å²) < 4.78 is 0. The van der Waals surface area contributed by atoms with Crippen molar-refractivity contribution in [2.45, 2.75) is 33.1 Å². The third-order valence-electron chi connectivity index (χ3n) is 3.40. The lowest BCUT2D eigenvalue weighted by Crippen LogP contribution is -2.26. The summed E-state index contributed by atoms with van der Waals surface area (Å²) in [4.78, 5) is 12.2. The van der Waals surface area contributed by atoms with Gasteiger partial charge < -0.3 is 5.32 Å². The molecule has 1 N–H and O–H groups in total. The predicted octanol–water partition coefficient (Wildman–Crippen LogP) is 3.62. The van der Waals surface area contributed by atoms with Crippen LogP contribution >= 0.6 is 0 Å². The highest BCUT2D eigenvalue weighted by Gasteiger charge is 2.26. The van der Waals surface area contributed by atoms with E-state index in [0.29, 0.717) is 0 Å². The zero-order valence-electron chi connectivity index (χ0n) is 11.2. The van der Waals surface area contributed by atoms with Crippen LogP contribution in [0, 0.1) is 0 Å². The van der Waals surface area contributed by atoms with E-state index in [2.05, 4.69) is 30.4 Å². The lowest BCUT2D eigenvalue weighted by molar-refractivity contribution is -0.121. The van der Waals surface area contributed by atoms with Crippen molar-refractivity contribution in [3.8, 4) is 0 Å². The van der Waals surface area contributed by atoms with Gasteiger partial charge in [-0.2, -0.15) is 0 Å². The fourth-order valence-electron chi connectivity index (χ4n) is 2.52. The number of nitrogens with one attached hydrogen (secondary N) is 1. The van der Waals surface area contributed by atoms with Crippen molar-refractivity contribution < 1.29 is 4.79 Å².